The molecule has 0 aromatic heterocycles. The van der Waals surface area contributed by atoms with E-state index in [1.54, 1.807) is 0 Å². The van der Waals surface area contributed by atoms with Crippen molar-refractivity contribution >= 4 is 5.91 Å². The van der Waals surface area contributed by atoms with Crippen LogP contribution in [0.25, 0.3) is 0 Å². The lowest BCUT2D eigenvalue weighted by Crippen LogP contribution is -2.50. The van der Waals surface area contributed by atoms with E-state index in [2.05, 4.69) is 24.5 Å². The summed E-state index contributed by atoms with van der Waals surface area (Å²) < 4.78 is 0. The molecule has 1 aliphatic carbocycles. The van der Waals surface area contributed by atoms with Gasteiger partial charge in [0.2, 0.25) is 5.91 Å². The molecule has 1 amide bonds. The first-order chi connectivity index (χ1) is 8.16. The molecule has 98 valence electrons. The molecule has 2 rings (SSSR count). The van der Waals surface area contributed by atoms with Crippen LogP contribution in [-0.2, 0) is 4.79 Å². The zero-order valence-electron chi connectivity index (χ0n) is 11.2. The SMILES string of the molecule is CC1CCC(NC(=O)[C@H]2CCCCN2)CC1C. The molecule has 3 nitrogen and oxygen atoms in total. The monoisotopic (exact) mass is 238 g/mol. The number of hydrogen-bond acceptors (Lipinski definition) is 2. The third-order valence-electron chi connectivity index (χ3n) is 4.57. The minimum absolute atomic E-state index is 0.0680. The van der Waals surface area contributed by atoms with Crippen LogP contribution in [0.3, 0.4) is 0 Å². The van der Waals surface area contributed by atoms with E-state index in [-0.39, 0.29) is 11.9 Å². The maximum atomic E-state index is 12.1. The Bertz CT molecular complexity index is 261. The largest absolute Gasteiger partial charge is 0.352 e. The van der Waals surface area contributed by atoms with Crippen molar-refractivity contribution in [3.8, 4) is 0 Å². The second-order valence-corrected chi connectivity index (χ2v) is 5.98. The van der Waals surface area contributed by atoms with Gasteiger partial charge in [0.1, 0.15) is 0 Å². The molecule has 0 radical (unpaired) electrons. The molecule has 0 spiro atoms. The third-order valence-corrected chi connectivity index (χ3v) is 4.57. The van der Waals surface area contributed by atoms with E-state index in [9.17, 15) is 4.79 Å². The number of nitrogens with one attached hydrogen (secondary N) is 2. The van der Waals surface area contributed by atoms with Crippen LogP contribution in [0.15, 0.2) is 0 Å². The second-order valence-electron chi connectivity index (χ2n) is 5.98. The molecule has 17 heavy (non-hydrogen) atoms. The Balaban J connectivity index is 1.78. The average molecular weight is 238 g/mol. The van der Waals surface area contributed by atoms with Gasteiger partial charge in [0.05, 0.1) is 6.04 Å². The fraction of sp³-hybridized carbons (Fsp3) is 0.929. The number of piperidine rings is 1. The lowest BCUT2D eigenvalue weighted by Gasteiger charge is -2.34. The molecule has 0 aromatic carbocycles. The van der Waals surface area contributed by atoms with Gasteiger partial charge in [-0.2, -0.15) is 0 Å². The van der Waals surface area contributed by atoms with E-state index in [0.717, 1.165) is 37.6 Å². The number of rotatable bonds is 2. The molecule has 2 N–H and O–H groups in total. The molecule has 2 aliphatic rings. The quantitative estimate of drug-likeness (QED) is 0.773. The van der Waals surface area contributed by atoms with Crippen molar-refractivity contribution in [3.63, 3.8) is 0 Å². The third kappa shape index (κ3) is 3.44. The van der Waals surface area contributed by atoms with Crippen LogP contribution in [0.4, 0.5) is 0 Å². The first-order valence-electron chi connectivity index (χ1n) is 7.20. The molecule has 1 saturated heterocycles. The Labute approximate surface area is 105 Å². The minimum Gasteiger partial charge on any atom is -0.352 e. The van der Waals surface area contributed by atoms with Gasteiger partial charge in [0, 0.05) is 6.04 Å². The summed E-state index contributed by atoms with van der Waals surface area (Å²) >= 11 is 0. The molecule has 3 heteroatoms. The van der Waals surface area contributed by atoms with Crippen LogP contribution in [0.2, 0.25) is 0 Å². The van der Waals surface area contributed by atoms with Crippen LogP contribution >= 0.6 is 0 Å². The normalized spacial score (nSPS) is 38.7. The first-order valence-corrected chi connectivity index (χ1v) is 7.20. The van der Waals surface area contributed by atoms with E-state index in [0.29, 0.717) is 6.04 Å². The van der Waals surface area contributed by atoms with Crippen LogP contribution in [0.5, 0.6) is 0 Å². The fourth-order valence-corrected chi connectivity index (χ4v) is 3.06. The van der Waals surface area contributed by atoms with E-state index < -0.39 is 0 Å². The molecule has 0 bridgehead atoms. The number of amides is 1. The number of carbonyl (C=O) groups is 1. The van der Waals surface area contributed by atoms with E-state index >= 15 is 0 Å². The summed E-state index contributed by atoms with van der Waals surface area (Å²) in [6.07, 6.45) is 6.96. The number of hydrogen-bond donors (Lipinski definition) is 2. The Kier molecular flexibility index (Phi) is 4.43. The molecule has 1 heterocycles. The van der Waals surface area contributed by atoms with Crippen LogP contribution in [-0.4, -0.2) is 24.5 Å². The maximum Gasteiger partial charge on any atom is 0.237 e. The fourth-order valence-electron chi connectivity index (χ4n) is 3.06. The van der Waals surface area contributed by atoms with Gasteiger partial charge in [-0.3, -0.25) is 4.79 Å². The zero-order valence-corrected chi connectivity index (χ0v) is 11.2. The summed E-state index contributed by atoms with van der Waals surface area (Å²) in [7, 11) is 0. The summed E-state index contributed by atoms with van der Waals surface area (Å²) in [6, 6.07) is 0.482. The smallest absolute Gasteiger partial charge is 0.237 e. The molecule has 1 aliphatic heterocycles. The summed E-state index contributed by atoms with van der Waals surface area (Å²) in [5, 5.41) is 6.55. The van der Waals surface area contributed by atoms with Crippen molar-refractivity contribution in [2.75, 3.05) is 6.54 Å². The van der Waals surface area contributed by atoms with Crippen molar-refractivity contribution in [3.05, 3.63) is 0 Å². The predicted octanol–water partition coefficient (Wildman–Crippen LogP) is 2.07. The van der Waals surface area contributed by atoms with Gasteiger partial charge in [0.15, 0.2) is 0 Å². The Hall–Kier alpha value is -0.570. The molecule has 4 atom stereocenters. The highest BCUT2D eigenvalue weighted by Crippen LogP contribution is 2.29. The van der Waals surface area contributed by atoms with Gasteiger partial charge >= 0.3 is 0 Å². The van der Waals surface area contributed by atoms with Crippen molar-refractivity contribution < 1.29 is 4.79 Å². The maximum absolute atomic E-state index is 12.1. The highest BCUT2D eigenvalue weighted by Gasteiger charge is 2.28. The first kappa shape index (κ1) is 12.9. The van der Waals surface area contributed by atoms with Crippen LogP contribution < -0.4 is 10.6 Å². The van der Waals surface area contributed by atoms with Gasteiger partial charge in [-0.25, -0.2) is 0 Å². The van der Waals surface area contributed by atoms with Gasteiger partial charge in [-0.1, -0.05) is 20.3 Å². The molecule has 1 saturated carbocycles. The van der Waals surface area contributed by atoms with Gasteiger partial charge in [0.25, 0.3) is 0 Å². The average Bonchev–Trinajstić information content (AvgIpc) is 2.35. The summed E-state index contributed by atoms with van der Waals surface area (Å²) in [6.45, 7) is 5.63. The molecule has 3 unspecified atom stereocenters. The van der Waals surface area contributed by atoms with E-state index in [4.69, 9.17) is 0 Å². The topological polar surface area (TPSA) is 41.1 Å². The standard InChI is InChI=1S/C14H26N2O/c1-10-6-7-12(9-11(10)2)16-14(17)13-5-3-4-8-15-13/h10-13,15H,3-9H2,1-2H3,(H,16,17)/t10?,11?,12?,13-/m1/s1. The molecule has 2 fully saturated rings. The minimum atomic E-state index is 0.0680. The van der Waals surface area contributed by atoms with Gasteiger partial charge in [-0.05, 0) is 50.5 Å². The molecule has 0 aromatic rings. The Morgan fingerprint density at radius 2 is 1.94 bits per heavy atom. The second kappa shape index (κ2) is 5.85. The highest BCUT2D eigenvalue weighted by molar-refractivity contribution is 5.82. The van der Waals surface area contributed by atoms with Gasteiger partial charge in [-0.15, -0.1) is 0 Å². The Morgan fingerprint density at radius 1 is 1.12 bits per heavy atom. The van der Waals surface area contributed by atoms with E-state index in [1.807, 2.05) is 0 Å². The van der Waals surface area contributed by atoms with Crippen molar-refractivity contribution in [1.82, 2.24) is 10.6 Å². The predicted molar refractivity (Wildman–Crippen MR) is 69.8 cm³/mol. The van der Waals surface area contributed by atoms with E-state index in [1.165, 1.54) is 19.3 Å². The van der Waals surface area contributed by atoms with Crippen molar-refractivity contribution in [1.29, 1.82) is 0 Å². The number of carbonyl (C=O) groups excluding carboxylic acids is 1. The summed E-state index contributed by atoms with van der Waals surface area (Å²) in [5.41, 5.74) is 0. The van der Waals surface area contributed by atoms with Crippen molar-refractivity contribution in [2.45, 2.75) is 64.5 Å². The Morgan fingerprint density at radius 3 is 2.59 bits per heavy atom. The van der Waals surface area contributed by atoms with Crippen LogP contribution in [0.1, 0.15) is 52.4 Å². The lowest BCUT2D eigenvalue weighted by molar-refractivity contribution is -0.124. The summed E-state index contributed by atoms with van der Waals surface area (Å²) in [5.74, 6) is 1.79. The highest BCUT2D eigenvalue weighted by atomic mass is 16.2. The molecular weight excluding hydrogens is 212 g/mol. The summed E-state index contributed by atoms with van der Waals surface area (Å²) in [4.78, 5) is 12.1. The van der Waals surface area contributed by atoms with Crippen molar-refractivity contribution in [2.24, 2.45) is 11.8 Å². The zero-order chi connectivity index (χ0) is 12.3. The van der Waals surface area contributed by atoms with Crippen LogP contribution in [0, 0.1) is 11.8 Å². The lowest BCUT2D eigenvalue weighted by atomic mass is 9.79. The van der Waals surface area contributed by atoms with Gasteiger partial charge < -0.3 is 10.6 Å². The molecular formula is C14H26N2O.